The van der Waals surface area contributed by atoms with Crippen LogP contribution < -0.4 is 5.32 Å². The lowest BCUT2D eigenvalue weighted by atomic mass is 9.95. The number of rotatable bonds is 5. The Morgan fingerprint density at radius 2 is 2.00 bits per heavy atom. The molecule has 0 spiro atoms. The summed E-state index contributed by atoms with van der Waals surface area (Å²) in [7, 11) is 2.01. The van der Waals surface area contributed by atoms with Crippen LogP contribution in [0.4, 0.5) is 0 Å². The highest BCUT2D eigenvalue weighted by Crippen LogP contribution is 2.27. The third-order valence-electron chi connectivity index (χ3n) is 4.59. The molecule has 20 heavy (non-hydrogen) atoms. The molecule has 1 aliphatic heterocycles. The van der Waals surface area contributed by atoms with E-state index < -0.39 is 0 Å². The molecule has 1 aromatic heterocycles. The summed E-state index contributed by atoms with van der Waals surface area (Å²) in [5.41, 5.74) is 2.53. The van der Waals surface area contributed by atoms with Gasteiger partial charge in [0.05, 0.1) is 5.69 Å². The minimum atomic E-state index is 0.443. The van der Waals surface area contributed by atoms with Crippen LogP contribution >= 0.6 is 0 Å². The predicted octanol–water partition coefficient (Wildman–Crippen LogP) is 2.50. The van der Waals surface area contributed by atoms with Crippen molar-refractivity contribution in [2.24, 2.45) is 13.0 Å². The molecule has 1 unspecified atom stereocenters. The lowest BCUT2D eigenvalue weighted by Gasteiger charge is -2.37. The van der Waals surface area contributed by atoms with Crippen molar-refractivity contribution in [2.45, 2.75) is 52.6 Å². The second-order valence-corrected chi connectivity index (χ2v) is 6.50. The Bertz CT molecular complexity index is 418. The first kappa shape index (κ1) is 15.5. The number of nitrogens with one attached hydrogen (secondary N) is 1. The van der Waals surface area contributed by atoms with Gasteiger partial charge in [-0.1, -0.05) is 0 Å². The van der Waals surface area contributed by atoms with E-state index in [-0.39, 0.29) is 0 Å². The molecule has 0 amide bonds. The number of aryl methyl sites for hydroxylation is 2. The normalized spacial score (nSPS) is 18.9. The highest BCUT2D eigenvalue weighted by Gasteiger charge is 2.25. The van der Waals surface area contributed by atoms with E-state index in [0.717, 1.165) is 11.6 Å². The smallest absolute Gasteiger partial charge is 0.0641 e. The molecular formula is C16H30N4. The van der Waals surface area contributed by atoms with E-state index in [0.29, 0.717) is 12.1 Å². The van der Waals surface area contributed by atoms with Gasteiger partial charge in [-0.2, -0.15) is 5.10 Å². The minimum Gasteiger partial charge on any atom is -0.317 e. The third kappa shape index (κ3) is 3.61. The van der Waals surface area contributed by atoms with E-state index in [1.807, 2.05) is 11.7 Å². The van der Waals surface area contributed by atoms with Crippen LogP contribution in [0.5, 0.6) is 0 Å². The van der Waals surface area contributed by atoms with Gasteiger partial charge in [-0.25, -0.2) is 0 Å². The van der Waals surface area contributed by atoms with Gasteiger partial charge in [-0.3, -0.25) is 9.58 Å². The molecule has 1 aliphatic rings. The molecule has 0 radical (unpaired) electrons. The van der Waals surface area contributed by atoms with Crippen molar-refractivity contribution in [3.8, 4) is 0 Å². The molecule has 2 rings (SSSR count). The highest BCUT2D eigenvalue weighted by molar-refractivity contribution is 5.19. The zero-order chi connectivity index (χ0) is 14.7. The summed E-state index contributed by atoms with van der Waals surface area (Å²) in [6, 6.07) is 1.01. The molecule has 1 aromatic rings. The Morgan fingerprint density at radius 3 is 2.50 bits per heavy atom. The summed E-state index contributed by atoms with van der Waals surface area (Å²) in [6.07, 6.45) is 4.79. The summed E-state index contributed by atoms with van der Waals surface area (Å²) in [4.78, 5) is 2.64. The van der Waals surface area contributed by atoms with E-state index in [1.165, 1.54) is 38.0 Å². The molecule has 0 saturated carbocycles. The monoisotopic (exact) mass is 278 g/mol. The third-order valence-corrected chi connectivity index (χ3v) is 4.59. The molecule has 2 heterocycles. The first-order valence-corrected chi connectivity index (χ1v) is 7.95. The molecule has 1 fully saturated rings. The fourth-order valence-corrected chi connectivity index (χ4v) is 3.39. The quantitative estimate of drug-likeness (QED) is 0.898. The van der Waals surface area contributed by atoms with Gasteiger partial charge in [0, 0.05) is 37.4 Å². The average molecular weight is 278 g/mol. The van der Waals surface area contributed by atoms with Gasteiger partial charge in [0.2, 0.25) is 0 Å². The van der Waals surface area contributed by atoms with Crippen LogP contribution in [-0.2, 0) is 7.05 Å². The van der Waals surface area contributed by atoms with Crippen LogP contribution in [-0.4, -0.2) is 40.4 Å². The summed E-state index contributed by atoms with van der Waals surface area (Å²) in [5, 5.41) is 7.96. The average Bonchev–Trinajstić information content (AvgIpc) is 2.75. The maximum Gasteiger partial charge on any atom is 0.0641 e. The summed E-state index contributed by atoms with van der Waals surface area (Å²) in [5.74, 6) is 0.832. The van der Waals surface area contributed by atoms with Gasteiger partial charge < -0.3 is 5.32 Å². The molecule has 1 atom stereocenters. The van der Waals surface area contributed by atoms with Gasteiger partial charge in [-0.05, 0) is 59.5 Å². The lowest BCUT2D eigenvalue weighted by molar-refractivity contribution is 0.124. The van der Waals surface area contributed by atoms with Crippen LogP contribution in [0.2, 0.25) is 0 Å². The number of nitrogens with zero attached hydrogens (tertiary/aromatic N) is 3. The van der Waals surface area contributed by atoms with Crippen LogP contribution in [0, 0.1) is 12.8 Å². The van der Waals surface area contributed by atoms with E-state index in [4.69, 9.17) is 0 Å². The minimum absolute atomic E-state index is 0.443. The van der Waals surface area contributed by atoms with Gasteiger partial charge >= 0.3 is 0 Å². The number of piperidine rings is 1. The maximum absolute atomic E-state index is 4.50. The van der Waals surface area contributed by atoms with E-state index in [9.17, 15) is 0 Å². The molecule has 4 nitrogen and oxygen atoms in total. The number of hydrogen-bond donors (Lipinski definition) is 1. The fourth-order valence-electron chi connectivity index (χ4n) is 3.39. The zero-order valence-electron chi connectivity index (χ0n) is 13.7. The first-order chi connectivity index (χ1) is 9.49. The number of hydrogen-bond acceptors (Lipinski definition) is 3. The molecular weight excluding hydrogens is 248 g/mol. The maximum atomic E-state index is 4.50. The number of aromatic nitrogens is 2. The van der Waals surface area contributed by atoms with Crippen LogP contribution in [0.15, 0.2) is 6.20 Å². The van der Waals surface area contributed by atoms with Crippen molar-refractivity contribution in [3.05, 3.63) is 17.5 Å². The predicted molar refractivity (Wildman–Crippen MR) is 83.8 cm³/mol. The highest BCUT2D eigenvalue weighted by atomic mass is 15.3. The molecule has 114 valence electrons. The Hall–Kier alpha value is -0.870. The first-order valence-electron chi connectivity index (χ1n) is 7.95. The Kier molecular flexibility index (Phi) is 5.22. The van der Waals surface area contributed by atoms with Crippen LogP contribution in [0.1, 0.15) is 50.9 Å². The Labute approximate surface area is 123 Å². The van der Waals surface area contributed by atoms with Gasteiger partial charge in [0.1, 0.15) is 0 Å². The molecule has 0 aromatic carbocycles. The summed E-state index contributed by atoms with van der Waals surface area (Å²) < 4.78 is 1.93. The van der Waals surface area contributed by atoms with Crippen molar-refractivity contribution < 1.29 is 0 Å². The van der Waals surface area contributed by atoms with E-state index in [1.54, 1.807) is 0 Å². The van der Waals surface area contributed by atoms with Gasteiger partial charge in [0.25, 0.3) is 0 Å². The van der Waals surface area contributed by atoms with Crippen molar-refractivity contribution >= 4 is 0 Å². The Balaban J connectivity index is 2.09. The second kappa shape index (κ2) is 6.72. The van der Waals surface area contributed by atoms with Crippen molar-refractivity contribution in [3.63, 3.8) is 0 Å². The fraction of sp³-hybridized carbons (Fsp3) is 0.812. The van der Waals surface area contributed by atoms with E-state index >= 15 is 0 Å². The second-order valence-electron chi connectivity index (χ2n) is 6.50. The van der Waals surface area contributed by atoms with Crippen LogP contribution in [0.25, 0.3) is 0 Å². The van der Waals surface area contributed by atoms with Gasteiger partial charge in [0.15, 0.2) is 0 Å². The lowest BCUT2D eigenvalue weighted by Crippen LogP contribution is -2.40. The van der Waals surface area contributed by atoms with Crippen molar-refractivity contribution in [1.29, 1.82) is 0 Å². The summed E-state index contributed by atoms with van der Waals surface area (Å²) in [6.45, 7) is 12.6. The molecule has 0 aliphatic carbocycles. The SMILES string of the molecule is Cc1nn(C)cc1C(C)N(CC1CCNCC1)C(C)C. The van der Waals surface area contributed by atoms with Gasteiger partial charge in [-0.15, -0.1) is 0 Å². The Morgan fingerprint density at radius 1 is 1.35 bits per heavy atom. The molecule has 1 N–H and O–H groups in total. The molecule has 1 saturated heterocycles. The molecule has 0 bridgehead atoms. The zero-order valence-corrected chi connectivity index (χ0v) is 13.7. The topological polar surface area (TPSA) is 33.1 Å². The van der Waals surface area contributed by atoms with Crippen molar-refractivity contribution in [2.75, 3.05) is 19.6 Å². The van der Waals surface area contributed by atoms with Crippen molar-refractivity contribution in [1.82, 2.24) is 20.0 Å². The largest absolute Gasteiger partial charge is 0.317 e. The standard InChI is InChI=1S/C16H30N4/c1-12(2)20(10-15-6-8-17-9-7-15)14(4)16-11-19(5)18-13(16)3/h11-12,14-15,17H,6-10H2,1-5H3. The summed E-state index contributed by atoms with van der Waals surface area (Å²) >= 11 is 0. The van der Waals surface area contributed by atoms with Crippen LogP contribution in [0.3, 0.4) is 0 Å². The molecule has 4 heteroatoms. The van der Waals surface area contributed by atoms with E-state index in [2.05, 4.69) is 49.2 Å².